The Hall–Kier alpha value is -0.600. The van der Waals surface area contributed by atoms with Crippen LogP contribution < -0.4 is 0 Å². The van der Waals surface area contributed by atoms with Gasteiger partial charge in [0.1, 0.15) is 91.1 Å². The summed E-state index contributed by atoms with van der Waals surface area (Å²) >= 11 is 0. The van der Waals surface area contributed by atoms with Gasteiger partial charge in [-0.2, -0.15) is 0 Å². The Morgan fingerprint density at radius 2 is 1.18 bits per heavy atom. The molecule has 15 heteroatoms. The van der Waals surface area contributed by atoms with E-state index < -0.39 is 111 Å². The van der Waals surface area contributed by atoms with E-state index in [0.29, 0.717) is 0 Å². The van der Waals surface area contributed by atoms with E-state index in [9.17, 15) is 61.3 Å². The van der Waals surface area contributed by atoms with Crippen LogP contribution in [-0.4, -0.2) is 172 Å². The molecule has 0 radical (unpaired) electrons. The fraction of sp³-hybridized carbons (Fsp3) is 1.00. The molecule has 33 heavy (non-hydrogen) atoms. The van der Waals surface area contributed by atoms with Gasteiger partial charge in [-0.1, -0.05) is 0 Å². The van der Waals surface area contributed by atoms with Crippen LogP contribution in [0, 0.1) is 0 Å². The monoisotopic (exact) mass is 488 g/mol. The van der Waals surface area contributed by atoms with E-state index >= 15 is 0 Å². The number of ether oxygens (including phenoxy) is 3. The highest BCUT2D eigenvalue weighted by molar-refractivity contribution is 5.10. The Labute approximate surface area is 187 Å². The van der Waals surface area contributed by atoms with E-state index in [1.54, 1.807) is 0 Å². The molecule has 12 N–H and O–H groups in total. The van der Waals surface area contributed by atoms with E-state index in [1.807, 2.05) is 0 Å². The quantitative estimate of drug-likeness (QED) is 0.171. The number of aliphatic hydroxyl groups excluding tert-OH is 11. The second kappa shape index (κ2) is 10.2. The van der Waals surface area contributed by atoms with Crippen molar-refractivity contribution in [3.63, 3.8) is 0 Å². The lowest BCUT2D eigenvalue weighted by molar-refractivity contribution is -0.334. The molecule has 3 rings (SSSR count). The average molecular weight is 488 g/mol. The Bertz CT molecular complexity index is 648. The molecule has 0 bridgehead atoms. The predicted molar refractivity (Wildman–Crippen MR) is 100 cm³/mol. The molecule has 15 atom stereocenters. The summed E-state index contributed by atoms with van der Waals surface area (Å²) in [6, 6.07) is 0. The van der Waals surface area contributed by atoms with E-state index in [1.165, 1.54) is 0 Å². The summed E-state index contributed by atoms with van der Waals surface area (Å²) in [6.07, 6.45) is -25.3. The highest BCUT2D eigenvalue weighted by Gasteiger charge is 2.61. The van der Waals surface area contributed by atoms with Crippen LogP contribution in [-0.2, 0) is 14.2 Å². The molecule has 0 aromatic carbocycles. The topological polar surface area (TPSA) is 270 Å². The van der Waals surface area contributed by atoms with Crippen molar-refractivity contribution in [2.24, 2.45) is 0 Å². The number of hydrogen-bond donors (Lipinski definition) is 12. The van der Waals surface area contributed by atoms with Crippen molar-refractivity contribution in [3.8, 4) is 0 Å². The standard InChI is InChI=1S/C18H32O15/c19-1-4-6(21)8(23)10(25)15(32-4)12(27)14-13(28)16(29)18(30,3-31-14)17-11(26)9(24)7(22)5(2-20)33-17/h4-17,19-30H,1-3H2/t4-,5+,6-,7+,8+,9-,10-,11+,12?,13+,14+,15-,16-,17+,18?/m1/s1. The molecule has 0 spiro atoms. The first kappa shape index (κ1) is 27.0. The van der Waals surface area contributed by atoms with E-state index in [0.717, 1.165) is 0 Å². The van der Waals surface area contributed by atoms with Gasteiger partial charge in [0.2, 0.25) is 0 Å². The van der Waals surface area contributed by atoms with Crippen LogP contribution in [0.1, 0.15) is 0 Å². The third kappa shape index (κ3) is 4.53. The van der Waals surface area contributed by atoms with Crippen molar-refractivity contribution in [1.29, 1.82) is 0 Å². The smallest absolute Gasteiger partial charge is 0.145 e. The molecule has 0 aromatic heterocycles. The summed E-state index contributed by atoms with van der Waals surface area (Å²) in [5.74, 6) is 0. The van der Waals surface area contributed by atoms with Crippen molar-refractivity contribution in [1.82, 2.24) is 0 Å². The molecule has 3 aliphatic rings. The van der Waals surface area contributed by atoms with Crippen molar-refractivity contribution in [2.45, 2.75) is 91.1 Å². The van der Waals surface area contributed by atoms with Gasteiger partial charge in [-0.15, -0.1) is 0 Å². The third-order valence-corrected chi connectivity index (χ3v) is 6.67. The lowest BCUT2D eigenvalue weighted by Crippen LogP contribution is -2.75. The molecule has 3 aliphatic heterocycles. The number of rotatable bonds is 5. The van der Waals surface area contributed by atoms with Crippen molar-refractivity contribution in [2.75, 3.05) is 19.8 Å². The summed E-state index contributed by atoms with van der Waals surface area (Å²) < 4.78 is 15.8. The van der Waals surface area contributed by atoms with Gasteiger partial charge in [-0.25, -0.2) is 0 Å². The van der Waals surface area contributed by atoms with Crippen LogP contribution >= 0.6 is 0 Å². The molecule has 2 unspecified atom stereocenters. The number of hydrogen-bond acceptors (Lipinski definition) is 15. The Balaban J connectivity index is 1.78. The minimum Gasteiger partial charge on any atom is -0.394 e. The lowest BCUT2D eigenvalue weighted by Gasteiger charge is -2.53. The summed E-state index contributed by atoms with van der Waals surface area (Å²) in [5, 5.41) is 121. The van der Waals surface area contributed by atoms with Crippen LogP contribution in [0.4, 0.5) is 0 Å². The highest BCUT2D eigenvalue weighted by Crippen LogP contribution is 2.37. The zero-order valence-corrected chi connectivity index (χ0v) is 17.3. The van der Waals surface area contributed by atoms with Crippen LogP contribution in [0.5, 0.6) is 0 Å². The molecule has 0 aromatic rings. The van der Waals surface area contributed by atoms with E-state index in [-0.39, 0.29) is 0 Å². The van der Waals surface area contributed by atoms with Gasteiger partial charge in [0, 0.05) is 0 Å². The van der Waals surface area contributed by atoms with Gasteiger partial charge in [-0.3, -0.25) is 0 Å². The molecule has 3 heterocycles. The molecule has 0 saturated carbocycles. The van der Waals surface area contributed by atoms with Gasteiger partial charge < -0.3 is 75.5 Å². The molecule has 3 fully saturated rings. The van der Waals surface area contributed by atoms with Gasteiger partial charge in [0.25, 0.3) is 0 Å². The zero-order chi connectivity index (χ0) is 24.8. The maximum atomic E-state index is 11.0. The zero-order valence-electron chi connectivity index (χ0n) is 17.3. The van der Waals surface area contributed by atoms with Gasteiger partial charge in [0.15, 0.2) is 0 Å². The second-order valence-corrected chi connectivity index (χ2v) is 8.74. The molecule has 15 nitrogen and oxygen atoms in total. The summed E-state index contributed by atoms with van der Waals surface area (Å²) in [7, 11) is 0. The summed E-state index contributed by atoms with van der Waals surface area (Å²) in [6.45, 7) is -2.48. The van der Waals surface area contributed by atoms with Crippen molar-refractivity contribution in [3.05, 3.63) is 0 Å². The van der Waals surface area contributed by atoms with Gasteiger partial charge >= 0.3 is 0 Å². The lowest BCUT2D eigenvalue weighted by atomic mass is 9.76. The number of aliphatic hydroxyl groups is 12. The molecule has 0 amide bonds. The molecular weight excluding hydrogens is 456 g/mol. The van der Waals surface area contributed by atoms with Crippen molar-refractivity contribution < 1.29 is 75.5 Å². The minimum atomic E-state index is -2.58. The molecule has 3 saturated heterocycles. The minimum absolute atomic E-state index is 0.776. The highest BCUT2D eigenvalue weighted by atomic mass is 16.6. The maximum Gasteiger partial charge on any atom is 0.145 e. The van der Waals surface area contributed by atoms with Gasteiger partial charge in [0.05, 0.1) is 19.8 Å². The Morgan fingerprint density at radius 1 is 0.667 bits per heavy atom. The van der Waals surface area contributed by atoms with Gasteiger partial charge in [-0.05, 0) is 0 Å². The fourth-order valence-corrected chi connectivity index (χ4v) is 4.55. The predicted octanol–water partition coefficient (Wildman–Crippen LogP) is -8.12. The first-order chi connectivity index (χ1) is 15.4. The largest absolute Gasteiger partial charge is 0.394 e. The van der Waals surface area contributed by atoms with E-state index in [4.69, 9.17) is 14.2 Å². The Kier molecular flexibility index (Phi) is 8.32. The van der Waals surface area contributed by atoms with E-state index in [2.05, 4.69) is 0 Å². The van der Waals surface area contributed by atoms with Crippen molar-refractivity contribution >= 4 is 0 Å². The molecular formula is C18H32O15. The maximum absolute atomic E-state index is 11.0. The average Bonchev–Trinajstić information content (AvgIpc) is 2.79. The summed E-state index contributed by atoms with van der Waals surface area (Å²) in [4.78, 5) is 0. The fourth-order valence-electron chi connectivity index (χ4n) is 4.55. The first-order valence-corrected chi connectivity index (χ1v) is 10.4. The summed E-state index contributed by atoms with van der Waals surface area (Å²) in [5.41, 5.74) is -2.58. The van der Waals surface area contributed by atoms with Crippen LogP contribution in [0.2, 0.25) is 0 Å². The SMILES string of the molecule is OC[C@@H]1O[C@H](C2(O)CO[C@@H](C(O)[C@@H]3O[C@H](CO)[C@@H](O)[C@H](O)[C@H]3O)[C@H](O)[C@H]2O)[C@@H](O)[C@H](O)[C@H]1O. The second-order valence-electron chi connectivity index (χ2n) is 8.74. The van der Waals surface area contributed by atoms with Crippen LogP contribution in [0.15, 0.2) is 0 Å². The third-order valence-electron chi connectivity index (χ3n) is 6.67. The Morgan fingerprint density at radius 3 is 1.73 bits per heavy atom. The van der Waals surface area contributed by atoms with Crippen LogP contribution in [0.25, 0.3) is 0 Å². The van der Waals surface area contributed by atoms with Crippen LogP contribution in [0.3, 0.4) is 0 Å². The first-order valence-electron chi connectivity index (χ1n) is 10.4. The molecule has 194 valence electrons. The normalized spacial score (nSPS) is 54.7. The molecule has 0 aliphatic carbocycles.